The highest BCUT2D eigenvalue weighted by molar-refractivity contribution is 5.96. The smallest absolute Gasteiger partial charge is 0.221 e. The third-order valence-corrected chi connectivity index (χ3v) is 1.57. The van der Waals surface area contributed by atoms with Gasteiger partial charge in [-0.2, -0.15) is 0 Å². The average molecular weight is 192 g/mol. The van der Waals surface area contributed by atoms with Gasteiger partial charge in [0.2, 0.25) is 5.91 Å². The van der Waals surface area contributed by atoms with Gasteiger partial charge in [0.25, 0.3) is 0 Å². The Morgan fingerprint density at radius 2 is 2.21 bits per heavy atom. The van der Waals surface area contributed by atoms with E-state index in [-0.39, 0.29) is 5.91 Å². The van der Waals surface area contributed by atoms with Crippen LogP contribution in [0.3, 0.4) is 0 Å². The van der Waals surface area contributed by atoms with Crippen LogP contribution in [0.15, 0.2) is 29.4 Å². The van der Waals surface area contributed by atoms with Gasteiger partial charge < -0.3 is 10.2 Å². The van der Waals surface area contributed by atoms with Gasteiger partial charge >= 0.3 is 0 Å². The second-order valence-electron chi connectivity index (χ2n) is 2.69. The zero-order chi connectivity index (χ0) is 10.4. The van der Waals surface area contributed by atoms with E-state index < -0.39 is 0 Å². The fourth-order valence-corrected chi connectivity index (χ4v) is 1.02. The number of carbonyl (C=O) groups is 1. The van der Waals surface area contributed by atoms with Gasteiger partial charge in [0, 0.05) is 18.2 Å². The van der Waals surface area contributed by atoms with E-state index in [9.17, 15) is 4.79 Å². The third kappa shape index (κ3) is 2.90. The van der Waals surface area contributed by atoms with Gasteiger partial charge in [0.15, 0.2) is 0 Å². The first kappa shape index (κ1) is 10.2. The van der Waals surface area contributed by atoms with Crippen LogP contribution in [-0.2, 0) is 9.63 Å². The van der Waals surface area contributed by atoms with E-state index in [0.717, 1.165) is 11.3 Å². The molecule has 0 aliphatic carbocycles. The van der Waals surface area contributed by atoms with E-state index in [4.69, 9.17) is 0 Å². The number of anilines is 1. The summed E-state index contributed by atoms with van der Waals surface area (Å²) < 4.78 is 0. The molecule has 1 aromatic carbocycles. The van der Waals surface area contributed by atoms with Crippen molar-refractivity contribution in [3.05, 3.63) is 29.8 Å². The third-order valence-electron chi connectivity index (χ3n) is 1.57. The zero-order valence-corrected chi connectivity index (χ0v) is 8.15. The maximum atomic E-state index is 10.9. The monoisotopic (exact) mass is 192 g/mol. The zero-order valence-electron chi connectivity index (χ0n) is 8.15. The quantitative estimate of drug-likeness (QED) is 0.584. The summed E-state index contributed by atoms with van der Waals surface area (Å²) >= 11 is 0. The van der Waals surface area contributed by atoms with Crippen molar-refractivity contribution in [1.29, 1.82) is 0 Å². The minimum absolute atomic E-state index is 0.108. The summed E-state index contributed by atoms with van der Waals surface area (Å²) in [5, 5.41) is 6.33. The Balaban J connectivity index is 2.90. The lowest BCUT2D eigenvalue weighted by atomic mass is 10.2. The first-order chi connectivity index (χ1) is 6.74. The van der Waals surface area contributed by atoms with Crippen LogP contribution in [0, 0.1) is 0 Å². The Kier molecular flexibility index (Phi) is 3.67. The fraction of sp³-hybridized carbons (Fsp3) is 0.200. The van der Waals surface area contributed by atoms with Gasteiger partial charge in [-0.1, -0.05) is 23.4 Å². The van der Waals surface area contributed by atoms with Crippen LogP contribution in [0.4, 0.5) is 5.69 Å². The van der Waals surface area contributed by atoms with Gasteiger partial charge in [-0.25, -0.2) is 0 Å². The van der Waals surface area contributed by atoms with E-state index in [2.05, 4.69) is 15.3 Å². The molecule has 1 aromatic rings. The molecule has 14 heavy (non-hydrogen) atoms. The Hall–Kier alpha value is -1.84. The number of para-hydroxylation sites is 1. The number of hydrogen-bond acceptors (Lipinski definition) is 3. The van der Waals surface area contributed by atoms with E-state index >= 15 is 0 Å². The summed E-state index contributed by atoms with van der Waals surface area (Å²) in [6, 6.07) is 7.35. The number of oxime groups is 1. The van der Waals surface area contributed by atoms with Crippen molar-refractivity contribution in [3.8, 4) is 0 Å². The van der Waals surface area contributed by atoms with Gasteiger partial charge in [0.1, 0.15) is 7.11 Å². The van der Waals surface area contributed by atoms with Crippen molar-refractivity contribution in [2.45, 2.75) is 6.92 Å². The molecule has 1 rings (SSSR count). The van der Waals surface area contributed by atoms with Crippen LogP contribution in [0.2, 0.25) is 0 Å². The summed E-state index contributed by atoms with van der Waals surface area (Å²) in [6.07, 6.45) is 1.55. The van der Waals surface area contributed by atoms with Gasteiger partial charge in [-0.05, 0) is 6.07 Å². The largest absolute Gasteiger partial charge is 0.399 e. The highest BCUT2D eigenvalue weighted by Crippen LogP contribution is 2.12. The molecule has 0 fully saturated rings. The Labute approximate surface area is 82.6 Å². The summed E-state index contributed by atoms with van der Waals surface area (Å²) in [6.45, 7) is 1.46. The molecule has 0 saturated heterocycles. The van der Waals surface area contributed by atoms with Gasteiger partial charge in [-0.3, -0.25) is 4.79 Å². The number of rotatable bonds is 3. The van der Waals surface area contributed by atoms with Crippen LogP contribution < -0.4 is 5.32 Å². The lowest BCUT2D eigenvalue weighted by Gasteiger charge is -2.04. The molecule has 0 aliphatic heterocycles. The molecular weight excluding hydrogens is 180 g/mol. The summed E-state index contributed by atoms with van der Waals surface area (Å²) in [5.41, 5.74) is 1.53. The molecule has 0 aromatic heterocycles. The lowest BCUT2D eigenvalue weighted by Crippen LogP contribution is -2.07. The van der Waals surface area contributed by atoms with Gasteiger partial charge in [-0.15, -0.1) is 0 Å². The van der Waals surface area contributed by atoms with E-state index in [1.54, 1.807) is 12.3 Å². The number of nitrogens with one attached hydrogen (secondary N) is 1. The van der Waals surface area contributed by atoms with Crippen LogP contribution in [0.5, 0.6) is 0 Å². The number of hydrogen-bond donors (Lipinski definition) is 1. The van der Waals surface area contributed by atoms with E-state index in [1.807, 2.05) is 18.2 Å². The molecule has 0 atom stereocenters. The van der Waals surface area contributed by atoms with Crippen LogP contribution in [0.25, 0.3) is 0 Å². The number of nitrogens with zero attached hydrogens (tertiary/aromatic N) is 1. The van der Waals surface area contributed by atoms with Crippen molar-refractivity contribution >= 4 is 17.8 Å². The highest BCUT2D eigenvalue weighted by atomic mass is 16.6. The van der Waals surface area contributed by atoms with Crippen LogP contribution >= 0.6 is 0 Å². The average Bonchev–Trinajstić information content (AvgIpc) is 2.16. The van der Waals surface area contributed by atoms with Crippen molar-refractivity contribution in [1.82, 2.24) is 0 Å². The predicted octanol–water partition coefficient (Wildman–Crippen LogP) is 1.63. The molecule has 0 heterocycles. The predicted molar refractivity (Wildman–Crippen MR) is 55.3 cm³/mol. The molecule has 0 saturated carbocycles. The number of benzene rings is 1. The van der Waals surface area contributed by atoms with E-state index in [0.29, 0.717) is 0 Å². The molecule has 0 spiro atoms. The Morgan fingerprint density at radius 3 is 2.86 bits per heavy atom. The van der Waals surface area contributed by atoms with Crippen LogP contribution in [-0.4, -0.2) is 19.2 Å². The topological polar surface area (TPSA) is 50.7 Å². The fourth-order valence-electron chi connectivity index (χ4n) is 1.02. The first-order valence-corrected chi connectivity index (χ1v) is 4.17. The molecule has 4 heteroatoms. The maximum Gasteiger partial charge on any atom is 0.221 e. The lowest BCUT2D eigenvalue weighted by molar-refractivity contribution is -0.114. The minimum atomic E-state index is -0.108. The van der Waals surface area contributed by atoms with Crippen molar-refractivity contribution in [2.75, 3.05) is 12.4 Å². The van der Waals surface area contributed by atoms with Crippen molar-refractivity contribution in [3.63, 3.8) is 0 Å². The molecule has 1 amide bonds. The number of carbonyl (C=O) groups excluding carboxylic acids is 1. The molecule has 0 unspecified atom stereocenters. The normalized spacial score (nSPS) is 10.1. The standard InChI is InChI=1S/C10H12N2O2/c1-8(13)12-10-6-4-3-5-9(10)7-11-14-2/h3-7H,1-2H3,(H,12,13)/b11-7+. The second-order valence-corrected chi connectivity index (χ2v) is 2.69. The highest BCUT2D eigenvalue weighted by Gasteiger charge is 1.99. The molecule has 74 valence electrons. The molecular formula is C10H12N2O2. The molecule has 1 N–H and O–H groups in total. The van der Waals surface area contributed by atoms with Crippen molar-refractivity contribution < 1.29 is 9.63 Å². The Morgan fingerprint density at radius 1 is 1.50 bits per heavy atom. The molecule has 0 aliphatic rings. The van der Waals surface area contributed by atoms with Crippen LogP contribution in [0.1, 0.15) is 12.5 Å². The summed E-state index contributed by atoms with van der Waals surface area (Å²) in [5.74, 6) is -0.108. The SMILES string of the molecule is CO/N=C/c1ccccc1NC(C)=O. The Bertz CT molecular complexity index is 348. The van der Waals surface area contributed by atoms with Crippen molar-refractivity contribution in [2.24, 2.45) is 5.16 Å². The maximum absolute atomic E-state index is 10.9. The second kappa shape index (κ2) is 5.01. The molecule has 4 nitrogen and oxygen atoms in total. The molecule has 0 radical (unpaired) electrons. The molecule has 0 bridgehead atoms. The first-order valence-electron chi connectivity index (χ1n) is 4.17. The summed E-state index contributed by atoms with van der Waals surface area (Å²) in [7, 11) is 1.47. The number of amides is 1. The summed E-state index contributed by atoms with van der Waals surface area (Å²) in [4.78, 5) is 15.4. The van der Waals surface area contributed by atoms with E-state index in [1.165, 1.54) is 14.0 Å². The van der Waals surface area contributed by atoms with Gasteiger partial charge in [0.05, 0.1) is 6.21 Å². The minimum Gasteiger partial charge on any atom is -0.399 e.